The van der Waals surface area contributed by atoms with Gasteiger partial charge >= 0.3 is 0 Å². The Morgan fingerprint density at radius 2 is 2.06 bits per heavy atom. The average molecular weight is 256 g/mol. The molecular formula is C15H32N2O. The molecule has 18 heavy (non-hydrogen) atoms. The zero-order valence-electron chi connectivity index (χ0n) is 12.8. The molecule has 0 radical (unpaired) electrons. The quantitative estimate of drug-likeness (QED) is 0.708. The van der Waals surface area contributed by atoms with Gasteiger partial charge in [-0.15, -0.1) is 0 Å². The monoisotopic (exact) mass is 256 g/mol. The first kappa shape index (κ1) is 15.9. The molecule has 0 aromatic rings. The predicted molar refractivity (Wildman–Crippen MR) is 78.0 cm³/mol. The summed E-state index contributed by atoms with van der Waals surface area (Å²) >= 11 is 0. The van der Waals surface area contributed by atoms with Gasteiger partial charge in [0.1, 0.15) is 0 Å². The fourth-order valence-electron chi connectivity index (χ4n) is 2.30. The minimum absolute atomic E-state index is 0.357. The van der Waals surface area contributed by atoms with E-state index < -0.39 is 0 Å². The Hall–Kier alpha value is -0.120. The van der Waals surface area contributed by atoms with Gasteiger partial charge in [-0.2, -0.15) is 0 Å². The first-order valence-corrected chi connectivity index (χ1v) is 7.56. The predicted octanol–water partition coefficient (Wildman–Crippen LogP) is 2.51. The maximum Gasteiger partial charge on any atom is 0.0826 e. The Morgan fingerprint density at radius 1 is 1.28 bits per heavy atom. The Kier molecular flexibility index (Phi) is 7.20. The standard InChI is InChI=1S/C15H32N2O/c1-5-6-7-8-17-9-10-18-14(12-17)11-16-13-15(2,3)4/h14,16H,5-13H2,1-4H3/t14-/m1/s1. The van der Waals surface area contributed by atoms with Gasteiger partial charge in [0.05, 0.1) is 12.7 Å². The largest absolute Gasteiger partial charge is 0.374 e. The molecular weight excluding hydrogens is 224 g/mol. The van der Waals surface area contributed by atoms with Crippen LogP contribution in [0.3, 0.4) is 0 Å². The first-order chi connectivity index (χ1) is 8.51. The van der Waals surface area contributed by atoms with Crippen molar-refractivity contribution >= 4 is 0 Å². The van der Waals surface area contributed by atoms with Crippen LogP contribution >= 0.6 is 0 Å². The van der Waals surface area contributed by atoms with Crippen LogP contribution in [0.2, 0.25) is 0 Å². The van der Waals surface area contributed by atoms with Gasteiger partial charge in [-0.25, -0.2) is 0 Å². The highest BCUT2D eigenvalue weighted by Crippen LogP contribution is 2.11. The van der Waals surface area contributed by atoms with E-state index in [2.05, 4.69) is 37.9 Å². The van der Waals surface area contributed by atoms with E-state index in [4.69, 9.17) is 4.74 Å². The van der Waals surface area contributed by atoms with Crippen LogP contribution in [-0.4, -0.2) is 50.3 Å². The number of hydrogen-bond acceptors (Lipinski definition) is 3. The number of unbranched alkanes of at least 4 members (excludes halogenated alkanes) is 2. The van der Waals surface area contributed by atoms with Crippen LogP contribution in [0.5, 0.6) is 0 Å². The normalized spacial score (nSPS) is 22.3. The van der Waals surface area contributed by atoms with E-state index in [0.29, 0.717) is 11.5 Å². The maximum absolute atomic E-state index is 5.83. The van der Waals surface area contributed by atoms with Crippen molar-refractivity contribution in [3.05, 3.63) is 0 Å². The molecule has 1 rings (SSSR count). The second-order valence-corrected chi connectivity index (χ2v) is 6.69. The lowest BCUT2D eigenvalue weighted by Gasteiger charge is -2.33. The van der Waals surface area contributed by atoms with E-state index in [1.54, 1.807) is 0 Å². The minimum Gasteiger partial charge on any atom is -0.374 e. The van der Waals surface area contributed by atoms with Crippen molar-refractivity contribution in [2.24, 2.45) is 5.41 Å². The number of nitrogens with zero attached hydrogens (tertiary/aromatic N) is 1. The molecule has 108 valence electrons. The van der Waals surface area contributed by atoms with Crippen LogP contribution in [0.1, 0.15) is 47.0 Å². The van der Waals surface area contributed by atoms with Crippen molar-refractivity contribution in [2.75, 3.05) is 39.3 Å². The summed E-state index contributed by atoms with van der Waals surface area (Å²) in [5, 5.41) is 3.53. The molecule has 1 heterocycles. The third-order valence-corrected chi connectivity index (χ3v) is 3.33. The third kappa shape index (κ3) is 7.34. The highest BCUT2D eigenvalue weighted by atomic mass is 16.5. The molecule has 0 saturated carbocycles. The molecule has 0 spiro atoms. The van der Waals surface area contributed by atoms with E-state index in [-0.39, 0.29) is 0 Å². The molecule has 1 fully saturated rings. The molecule has 1 aliphatic heterocycles. The van der Waals surface area contributed by atoms with Crippen LogP contribution in [0.25, 0.3) is 0 Å². The van der Waals surface area contributed by atoms with E-state index in [1.807, 2.05) is 0 Å². The molecule has 0 aromatic carbocycles. The number of morpholine rings is 1. The number of hydrogen-bond donors (Lipinski definition) is 1. The maximum atomic E-state index is 5.83. The highest BCUT2D eigenvalue weighted by Gasteiger charge is 2.20. The first-order valence-electron chi connectivity index (χ1n) is 7.56. The lowest BCUT2D eigenvalue weighted by molar-refractivity contribution is -0.0280. The number of nitrogens with one attached hydrogen (secondary N) is 1. The van der Waals surface area contributed by atoms with Crippen LogP contribution in [0.15, 0.2) is 0 Å². The molecule has 0 amide bonds. The van der Waals surface area contributed by atoms with Crippen molar-refractivity contribution in [1.29, 1.82) is 0 Å². The minimum atomic E-state index is 0.357. The Bertz CT molecular complexity index is 213. The van der Waals surface area contributed by atoms with E-state index in [0.717, 1.165) is 32.8 Å². The van der Waals surface area contributed by atoms with Gasteiger partial charge in [-0.1, -0.05) is 40.5 Å². The van der Waals surface area contributed by atoms with Crippen molar-refractivity contribution in [2.45, 2.75) is 53.1 Å². The van der Waals surface area contributed by atoms with Gasteiger partial charge in [-0.3, -0.25) is 4.90 Å². The van der Waals surface area contributed by atoms with Gasteiger partial charge in [0.25, 0.3) is 0 Å². The average Bonchev–Trinajstić information content (AvgIpc) is 2.28. The highest BCUT2D eigenvalue weighted by molar-refractivity contribution is 4.75. The summed E-state index contributed by atoms with van der Waals surface area (Å²) in [6, 6.07) is 0. The van der Waals surface area contributed by atoms with E-state index >= 15 is 0 Å². The zero-order chi connectivity index (χ0) is 13.4. The Balaban J connectivity index is 2.14. The zero-order valence-corrected chi connectivity index (χ0v) is 12.8. The SMILES string of the molecule is CCCCCN1CCO[C@H](CNCC(C)(C)C)C1. The van der Waals surface area contributed by atoms with E-state index in [9.17, 15) is 0 Å². The molecule has 1 aliphatic rings. The lowest BCUT2D eigenvalue weighted by atomic mass is 9.97. The Morgan fingerprint density at radius 3 is 2.72 bits per heavy atom. The third-order valence-electron chi connectivity index (χ3n) is 3.33. The van der Waals surface area contributed by atoms with Gasteiger partial charge in [0.2, 0.25) is 0 Å². The second kappa shape index (κ2) is 8.13. The molecule has 1 saturated heterocycles. The Labute approximate surface area is 113 Å². The molecule has 3 heteroatoms. The summed E-state index contributed by atoms with van der Waals surface area (Å²) in [6.45, 7) is 15.4. The molecule has 1 atom stereocenters. The fraction of sp³-hybridized carbons (Fsp3) is 1.00. The van der Waals surface area contributed by atoms with Crippen LogP contribution < -0.4 is 5.32 Å². The number of ether oxygens (including phenoxy) is 1. The van der Waals surface area contributed by atoms with Crippen molar-refractivity contribution in [3.63, 3.8) is 0 Å². The van der Waals surface area contributed by atoms with Crippen molar-refractivity contribution < 1.29 is 4.74 Å². The molecule has 0 bridgehead atoms. The van der Waals surface area contributed by atoms with Crippen molar-refractivity contribution in [3.8, 4) is 0 Å². The molecule has 1 N–H and O–H groups in total. The fourth-order valence-corrected chi connectivity index (χ4v) is 2.30. The summed E-state index contributed by atoms with van der Waals surface area (Å²) in [5.74, 6) is 0. The summed E-state index contributed by atoms with van der Waals surface area (Å²) in [6.07, 6.45) is 4.37. The summed E-state index contributed by atoms with van der Waals surface area (Å²) in [7, 11) is 0. The van der Waals surface area contributed by atoms with Crippen molar-refractivity contribution in [1.82, 2.24) is 10.2 Å². The number of rotatable bonds is 7. The topological polar surface area (TPSA) is 24.5 Å². The van der Waals surface area contributed by atoms with Crippen LogP contribution in [0, 0.1) is 5.41 Å². The van der Waals surface area contributed by atoms with Gasteiger partial charge in [0, 0.05) is 26.2 Å². The van der Waals surface area contributed by atoms with Gasteiger partial charge in [-0.05, 0) is 18.4 Å². The summed E-state index contributed by atoms with van der Waals surface area (Å²) < 4.78 is 5.83. The summed E-state index contributed by atoms with van der Waals surface area (Å²) in [4.78, 5) is 2.56. The molecule has 0 aliphatic carbocycles. The van der Waals surface area contributed by atoms with Crippen LogP contribution in [0.4, 0.5) is 0 Å². The smallest absolute Gasteiger partial charge is 0.0826 e. The van der Waals surface area contributed by atoms with Gasteiger partial charge < -0.3 is 10.1 Å². The second-order valence-electron chi connectivity index (χ2n) is 6.69. The molecule has 0 aromatic heterocycles. The van der Waals surface area contributed by atoms with E-state index in [1.165, 1.54) is 25.8 Å². The van der Waals surface area contributed by atoms with Gasteiger partial charge in [0.15, 0.2) is 0 Å². The molecule has 0 unspecified atom stereocenters. The lowest BCUT2D eigenvalue weighted by Crippen LogP contribution is -2.47. The van der Waals surface area contributed by atoms with Crippen LogP contribution in [-0.2, 0) is 4.74 Å². The molecule has 3 nitrogen and oxygen atoms in total. The summed E-state index contributed by atoms with van der Waals surface area (Å²) in [5.41, 5.74) is 0.357.